The van der Waals surface area contributed by atoms with Gasteiger partial charge in [-0.1, -0.05) is 33.1 Å². The van der Waals surface area contributed by atoms with Crippen LogP contribution < -0.4 is 11.2 Å². The molecule has 0 spiro atoms. The maximum absolute atomic E-state index is 6.10. The van der Waals surface area contributed by atoms with Crippen molar-refractivity contribution in [1.82, 2.24) is 10.4 Å². The van der Waals surface area contributed by atoms with Gasteiger partial charge >= 0.3 is 0 Å². The van der Waals surface area contributed by atoms with Gasteiger partial charge in [0.25, 0.3) is 0 Å². The molecule has 3 N–H and O–H groups in total. The molecule has 1 aliphatic heterocycles. The molecule has 108 valence electrons. The smallest absolute Gasteiger partial charge is 0.0448 e. The molecular formula is C15H33N3. The first-order chi connectivity index (χ1) is 8.58. The van der Waals surface area contributed by atoms with Gasteiger partial charge < -0.3 is 5.73 Å². The van der Waals surface area contributed by atoms with Crippen LogP contribution in [0, 0.1) is 0 Å². The number of nitrogens with two attached hydrogens (primary N) is 1. The summed E-state index contributed by atoms with van der Waals surface area (Å²) in [5.41, 5.74) is 10.0. The lowest BCUT2D eigenvalue weighted by molar-refractivity contribution is -0.00396. The Hall–Kier alpha value is -0.120. The highest BCUT2D eigenvalue weighted by atomic mass is 15.6. The van der Waals surface area contributed by atoms with Gasteiger partial charge in [0.05, 0.1) is 0 Å². The molecule has 0 aliphatic carbocycles. The van der Waals surface area contributed by atoms with E-state index >= 15 is 0 Å². The van der Waals surface area contributed by atoms with E-state index in [2.05, 4.69) is 38.1 Å². The number of nitrogens with zero attached hydrogens (tertiary/aromatic N) is 1. The molecule has 1 fully saturated rings. The molecule has 0 amide bonds. The molecule has 3 nitrogen and oxygen atoms in total. The fourth-order valence-electron chi connectivity index (χ4n) is 3.36. The minimum absolute atomic E-state index is 0.114. The average Bonchev–Trinajstić information content (AvgIpc) is 2.34. The second-order valence-electron chi connectivity index (χ2n) is 6.13. The lowest BCUT2D eigenvalue weighted by atomic mass is 9.89. The molecule has 0 aromatic rings. The summed E-state index contributed by atoms with van der Waals surface area (Å²) in [6, 6.07) is 1.27. The van der Waals surface area contributed by atoms with Crippen LogP contribution in [-0.2, 0) is 0 Å². The minimum atomic E-state index is 0.114. The van der Waals surface area contributed by atoms with E-state index in [-0.39, 0.29) is 5.54 Å². The summed E-state index contributed by atoms with van der Waals surface area (Å²) in [6.45, 7) is 9.92. The number of piperidine rings is 1. The van der Waals surface area contributed by atoms with Crippen LogP contribution >= 0.6 is 0 Å². The first-order valence-electron chi connectivity index (χ1n) is 7.84. The number of hydrogen-bond donors (Lipinski definition) is 2. The quantitative estimate of drug-likeness (QED) is 0.734. The maximum atomic E-state index is 6.10. The van der Waals surface area contributed by atoms with Crippen molar-refractivity contribution in [2.24, 2.45) is 5.73 Å². The Balaban J connectivity index is 2.73. The van der Waals surface area contributed by atoms with E-state index in [4.69, 9.17) is 5.73 Å². The second kappa shape index (κ2) is 7.46. The topological polar surface area (TPSA) is 41.3 Å². The van der Waals surface area contributed by atoms with Gasteiger partial charge in [-0.2, -0.15) is 0 Å². The van der Waals surface area contributed by atoms with Crippen LogP contribution in [0.2, 0.25) is 0 Å². The Bertz CT molecular complexity index is 214. The van der Waals surface area contributed by atoms with Crippen LogP contribution in [0.1, 0.15) is 72.6 Å². The molecule has 0 radical (unpaired) electrons. The van der Waals surface area contributed by atoms with E-state index in [1.807, 2.05) is 0 Å². The summed E-state index contributed by atoms with van der Waals surface area (Å²) in [5.74, 6) is 0. The summed E-state index contributed by atoms with van der Waals surface area (Å²) in [7, 11) is 0. The third-order valence-corrected chi connectivity index (χ3v) is 4.41. The molecular weight excluding hydrogens is 222 g/mol. The normalized spacial score (nSPS) is 26.5. The highest BCUT2D eigenvalue weighted by Gasteiger charge is 2.33. The van der Waals surface area contributed by atoms with Crippen molar-refractivity contribution in [1.29, 1.82) is 0 Å². The first kappa shape index (κ1) is 15.9. The second-order valence-corrected chi connectivity index (χ2v) is 6.13. The number of rotatable bonds is 7. The minimum Gasteiger partial charge on any atom is -0.329 e. The van der Waals surface area contributed by atoms with E-state index in [1.54, 1.807) is 0 Å². The zero-order valence-electron chi connectivity index (χ0n) is 12.8. The van der Waals surface area contributed by atoms with Crippen LogP contribution in [0.25, 0.3) is 0 Å². The molecule has 3 heteroatoms. The molecule has 0 aromatic heterocycles. The van der Waals surface area contributed by atoms with Crippen molar-refractivity contribution in [2.75, 3.05) is 6.54 Å². The predicted molar refractivity (Wildman–Crippen MR) is 79.4 cm³/mol. The Morgan fingerprint density at radius 1 is 1.11 bits per heavy atom. The summed E-state index contributed by atoms with van der Waals surface area (Å²) in [4.78, 5) is 0. The van der Waals surface area contributed by atoms with E-state index in [0.717, 1.165) is 6.54 Å². The molecule has 2 unspecified atom stereocenters. The van der Waals surface area contributed by atoms with E-state index in [0.29, 0.717) is 12.1 Å². The van der Waals surface area contributed by atoms with Crippen molar-refractivity contribution in [3.8, 4) is 0 Å². The molecule has 0 aromatic carbocycles. The highest BCUT2D eigenvalue weighted by Crippen LogP contribution is 2.25. The van der Waals surface area contributed by atoms with Crippen LogP contribution in [0.5, 0.6) is 0 Å². The van der Waals surface area contributed by atoms with Crippen molar-refractivity contribution in [2.45, 2.75) is 90.3 Å². The van der Waals surface area contributed by atoms with Crippen molar-refractivity contribution in [3.05, 3.63) is 0 Å². The van der Waals surface area contributed by atoms with Gasteiger partial charge in [-0.15, -0.1) is 0 Å². The largest absolute Gasteiger partial charge is 0.329 e. The third kappa shape index (κ3) is 3.94. The van der Waals surface area contributed by atoms with Gasteiger partial charge in [0.15, 0.2) is 0 Å². The molecule has 1 aliphatic rings. The van der Waals surface area contributed by atoms with E-state index in [9.17, 15) is 0 Å². The van der Waals surface area contributed by atoms with Gasteiger partial charge in [-0.25, -0.2) is 10.4 Å². The molecule has 0 saturated carbocycles. The van der Waals surface area contributed by atoms with Crippen molar-refractivity contribution >= 4 is 0 Å². The van der Waals surface area contributed by atoms with Gasteiger partial charge in [-0.3, -0.25) is 0 Å². The van der Waals surface area contributed by atoms with Crippen LogP contribution in [0.4, 0.5) is 0 Å². The van der Waals surface area contributed by atoms with Gasteiger partial charge in [0, 0.05) is 24.2 Å². The molecule has 1 rings (SSSR count). The third-order valence-electron chi connectivity index (χ3n) is 4.41. The number of hydrazine groups is 1. The van der Waals surface area contributed by atoms with E-state index < -0.39 is 0 Å². The van der Waals surface area contributed by atoms with Gasteiger partial charge in [-0.05, 0) is 39.5 Å². The lowest BCUT2D eigenvalue weighted by Crippen LogP contribution is -2.63. The standard InChI is InChI=1S/C15H33N3/c1-5-10-15(12-16,11-6-2)17-18-13(3)8-7-9-14(18)4/h13-14,17H,5-12,16H2,1-4H3. The fourth-order valence-corrected chi connectivity index (χ4v) is 3.36. The molecule has 18 heavy (non-hydrogen) atoms. The Morgan fingerprint density at radius 2 is 1.61 bits per heavy atom. The van der Waals surface area contributed by atoms with Gasteiger partial charge in [0.1, 0.15) is 0 Å². The molecule has 0 bridgehead atoms. The van der Waals surface area contributed by atoms with Crippen LogP contribution in [0.3, 0.4) is 0 Å². The zero-order valence-corrected chi connectivity index (χ0v) is 12.8. The summed E-state index contributed by atoms with van der Waals surface area (Å²) < 4.78 is 0. The van der Waals surface area contributed by atoms with Crippen LogP contribution in [-0.4, -0.2) is 29.2 Å². The van der Waals surface area contributed by atoms with Crippen LogP contribution in [0.15, 0.2) is 0 Å². The molecule has 1 heterocycles. The Kier molecular flexibility index (Phi) is 6.61. The number of nitrogens with one attached hydrogen (secondary N) is 1. The monoisotopic (exact) mass is 255 g/mol. The lowest BCUT2D eigenvalue weighted by Gasteiger charge is -2.46. The maximum Gasteiger partial charge on any atom is 0.0448 e. The first-order valence-corrected chi connectivity index (χ1v) is 7.84. The summed E-state index contributed by atoms with van der Waals surface area (Å²) >= 11 is 0. The van der Waals surface area contributed by atoms with Crippen molar-refractivity contribution in [3.63, 3.8) is 0 Å². The Morgan fingerprint density at radius 3 is 2.00 bits per heavy atom. The highest BCUT2D eigenvalue weighted by molar-refractivity contribution is 4.90. The fraction of sp³-hybridized carbons (Fsp3) is 1.00. The van der Waals surface area contributed by atoms with Gasteiger partial charge in [0.2, 0.25) is 0 Å². The SMILES string of the molecule is CCCC(CN)(CCC)NN1C(C)CCCC1C. The van der Waals surface area contributed by atoms with Crippen molar-refractivity contribution < 1.29 is 0 Å². The Labute approximate surface area is 113 Å². The number of hydrogen-bond acceptors (Lipinski definition) is 3. The molecule has 1 saturated heterocycles. The zero-order chi connectivity index (χ0) is 13.6. The predicted octanol–water partition coefficient (Wildman–Crippen LogP) is 3.05. The average molecular weight is 255 g/mol. The summed E-state index contributed by atoms with van der Waals surface area (Å²) in [5, 5.41) is 2.49. The summed E-state index contributed by atoms with van der Waals surface area (Å²) in [6.07, 6.45) is 8.70. The molecule has 2 atom stereocenters. The van der Waals surface area contributed by atoms with E-state index in [1.165, 1.54) is 44.9 Å².